The van der Waals surface area contributed by atoms with E-state index < -0.39 is 26.6 Å². The number of rotatable bonds is 71. The fourth-order valence-electron chi connectivity index (χ4n) is 10.9. The van der Waals surface area contributed by atoms with Crippen molar-refractivity contribution in [2.75, 3.05) is 40.9 Å². The molecule has 0 fully saturated rings. The molecule has 8 nitrogen and oxygen atoms in total. The summed E-state index contributed by atoms with van der Waals surface area (Å²) < 4.78 is 23.5. The Morgan fingerprint density at radius 3 is 0.979 bits per heavy atom. The highest BCUT2D eigenvalue weighted by molar-refractivity contribution is 7.45. The first-order valence-corrected chi connectivity index (χ1v) is 40.8. The van der Waals surface area contributed by atoms with Gasteiger partial charge in [0, 0.05) is 6.42 Å². The van der Waals surface area contributed by atoms with Gasteiger partial charge in [0.25, 0.3) is 7.82 Å². The number of phosphoric acid groups is 1. The Labute approximate surface area is 588 Å². The number of aliphatic hydroxyl groups is 1. The van der Waals surface area contributed by atoms with Crippen LogP contribution in [0.5, 0.6) is 0 Å². The van der Waals surface area contributed by atoms with Crippen molar-refractivity contribution in [3.8, 4) is 0 Å². The molecule has 0 bridgehead atoms. The molecule has 0 heterocycles. The van der Waals surface area contributed by atoms with E-state index in [4.69, 9.17) is 9.05 Å². The molecule has 3 unspecified atom stereocenters. The minimum Gasteiger partial charge on any atom is -0.756 e. The summed E-state index contributed by atoms with van der Waals surface area (Å²) in [6.45, 7) is 4.52. The Kier molecular flexibility index (Phi) is 71.3. The van der Waals surface area contributed by atoms with Gasteiger partial charge >= 0.3 is 0 Å². The molecule has 0 saturated heterocycles. The van der Waals surface area contributed by atoms with E-state index in [2.05, 4.69) is 165 Å². The zero-order chi connectivity index (χ0) is 69.0. The summed E-state index contributed by atoms with van der Waals surface area (Å²) in [7, 11) is 1.22. The van der Waals surface area contributed by atoms with E-state index in [-0.39, 0.29) is 12.5 Å². The molecule has 0 aliphatic heterocycles. The van der Waals surface area contributed by atoms with Crippen molar-refractivity contribution in [1.82, 2.24) is 5.32 Å². The molecule has 9 heteroatoms. The molecule has 95 heavy (non-hydrogen) atoms. The first kappa shape index (κ1) is 91.1. The van der Waals surface area contributed by atoms with Crippen LogP contribution in [0.25, 0.3) is 0 Å². The Balaban J connectivity index is 4.14. The molecule has 544 valence electrons. The van der Waals surface area contributed by atoms with Gasteiger partial charge < -0.3 is 28.8 Å². The Morgan fingerprint density at radius 1 is 0.379 bits per heavy atom. The van der Waals surface area contributed by atoms with Crippen LogP contribution < -0.4 is 10.2 Å². The Hall–Kier alpha value is -3.88. The summed E-state index contributed by atoms with van der Waals surface area (Å²) in [5, 5.41) is 14.0. The van der Waals surface area contributed by atoms with E-state index in [0.29, 0.717) is 17.4 Å². The average molecular weight is 1340 g/mol. The highest BCUT2D eigenvalue weighted by atomic mass is 31.2. The molecule has 1 amide bonds. The van der Waals surface area contributed by atoms with Crippen molar-refractivity contribution in [3.05, 3.63) is 158 Å². The minimum absolute atomic E-state index is 0.0161. The van der Waals surface area contributed by atoms with Gasteiger partial charge in [0.1, 0.15) is 13.2 Å². The van der Waals surface area contributed by atoms with Crippen LogP contribution in [0.2, 0.25) is 0 Å². The number of carbonyl (C=O) groups is 1. The summed E-state index contributed by atoms with van der Waals surface area (Å²) in [6, 6.07) is -0.924. The maximum absolute atomic E-state index is 13.1. The van der Waals surface area contributed by atoms with Gasteiger partial charge in [0.2, 0.25) is 5.91 Å². The predicted molar refractivity (Wildman–Crippen MR) is 417 cm³/mol. The highest BCUT2D eigenvalue weighted by Gasteiger charge is 2.23. The van der Waals surface area contributed by atoms with Crippen molar-refractivity contribution in [3.63, 3.8) is 0 Å². The molecule has 0 aromatic rings. The zero-order valence-electron chi connectivity index (χ0n) is 62.3. The molecule has 0 saturated carbocycles. The van der Waals surface area contributed by atoms with E-state index in [1.54, 1.807) is 6.08 Å². The zero-order valence-corrected chi connectivity index (χ0v) is 63.2. The number of aliphatic hydroxyl groups excluding tert-OH is 1. The van der Waals surface area contributed by atoms with Gasteiger partial charge in [-0.2, -0.15) is 0 Å². The summed E-state index contributed by atoms with van der Waals surface area (Å²) in [5.74, 6) is -0.221. The third-order valence-corrected chi connectivity index (χ3v) is 17.9. The smallest absolute Gasteiger partial charge is 0.268 e. The second-order valence-electron chi connectivity index (χ2n) is 27.3. The van der Waals surface area contributed by atoms with Gasteiger partial charge in [-0.05, 0) is 116 Å². The maximum atomic E-state index is 13.1. The molecule has 0 aromatic heterocycles. The van der Waals surface area contributed by atoms with Crippen molar-refractivity contribution < 1.29 is 32.9 Å². The number of nitrogens with zero attached hydrogens (tertiary/aromatic N) is 1. The van der Waals surface area contributed by atoms with Crippen molar-refractivity contribution in [2.24, 2.45) is 0 Å². The minimum atomic E-state index is -4.63. The van der Waals surface area contributed by atoms with Crippen LogP contribution in [-0.2, 0) is 18.4 Å². The van der Waals surface area contributed by atoms with Crippen LogP contribution in [0.4, 0.5) is 0 Å². The molecule has 0 aliphatic rings. The third-order valence-electron chi connectivity index (χ3n) is 17.0. The van der Waals surface area contributed by atoms with Crippen molar-refractivity contribution in [2.45, 2.75) is 341 Å². The summed E-state index contributed by atoms with van der Waals surface area (Å²) >= 11 is 0. The lowest BCUT2D eigenvalue weighted by Crippen LogP contribution is -2.45. The molecular formula is C86H149N2O6P. The van der Waals surface area contributed by atoms with E-state index in [1.807, 2.05) is 27.2 Å². The predicted octanol–water partition coefficient (Wildman–Crippen LogP) is 25.4. The SMILES string of the molecule is CC/C=C\C/C=C\C/C=C\C/C=C\C/C=C\C/C=C\C/C=C\C/C=C\C/C=C\C/C=C\C/C=C\CCCCCCCCCC(=O)NC(COP(=O)([O-])OCC[N+](C)(C)C)C(O)/C=C/CC/C=C/CCCCCCCCCCCCCCCCCCCCCCCCCCCC. The van der Waals surface area contributed by atoms with Gasteiger partial charge in [-0.3, -0.25) is 9.36 Å². The van der Waals surface area contributed by atoms with E-state index in [1.165, 1.54) is 186 Å². The van der Waals surface area contributed by atoms with E-state index in [9.17, 15) is 19.4 Å². The number of carbonyl (C=O) groups excluding carboxylic acids is 1. The molecule has 0 radical (unpaired) electrons. The number of phosphoric ester groups is 1. The molecule has 0 aromatic carbocycles. The fourth-order valence-corrected chi connectivity index (χ4v) is 11.7. The van der Waals surface area contributed by atoms with Crippen LogP contribution in [0.1, 0.15) is 328 Å². The fraction of sp³-hybridized carbons (Fsp3) is 0.686. The van der Waals surface area contributed by atoms with Crippen LogP contribution in [0.15, 0.2) is 158 Å². The summed E-state index contributed by atoms with van der Waals surface area (Å²) in [4.78, 5) is 25.7. The van der Waals surface area contributed by atoms with Crippen LogP contribution in [-0.4, -0.2) is 68.5 Å². The first-order chi connectivity index (χ1) is 46.5. The summed E-state index contributed by atoms with van der Waals surface area (Å²) in [5.41, 5.74) is 0. The van der Waals surface area contributed by atoms with Gasteiger partial charge in [0.05, 0.1) is 39.9 Å². The van der Waals surface area contributed by atoms with Gasteiger partial charge in [-0.1, -0.05) is 364 Å². The first-order valence-electron chi connectivity index (χ1n) is 39.3. The number of hydrogen-bond donors (Lipinski definition) is 2. The lowest BCUT2D eigenvalue weighted by molar-refractivity contribution is -0.870. The number of hydrogen-bond acceptors (Lipinski definition) is 6. The molecule has 0 aliphatic carbocycles. The topological polar surface area (TPSA) is 108 Å². The number of allylic oxidation sites excluding steroid dienone is 25. The number of nitrogens with one attached hydrogen (secondary N) is 1. The lowest BCUT2D eigenvalue weighted by atomic mass is 10.0. The number of unbranched alkanes of at least 4 members (excludes halogenated alkanes) is 34. The van der Waals surface area contributed by atoms with E-state index in [0.717, 1.165) is 122 Å². The van der Waals surface area contributed by atoms with Crippen molar-refractivity contribution in [1.29, 1.82) is 0 Å². The van der Waals surface area contributed by atoms with Crippen LogP contribution >= 0.6 is 7.82 Å². The van der Waals surface area contributed by atoms with Crippen LogP contribution in [0.3, 0.4) is 0 Å². The normalized spacial score (nSPS) is 14.4. The Bertz CT molecular complexity index is 2120. The largest absolute Gasteiger partial charge is 0.756 e. The summed E-state index contributed by atoms with van der Waals surface area (Å²) in [6.07, 6.45) is 115. The molecule has 0 spiro atoms. The quantitative estimate of drug-likeness (QED) is 0.0272. The third kappa shape index (κ3) is 77.3. The Morgan fingerprint density at radius 2 is 0.653 bits per heavy atom. The van der Waals surface area contributed by atoms with E-state index >= 15 is 0 Å². The molecule has 2 N–H and O–H groups in total. The second kappa shape index (κ2) is 74.3. The molecule has 3 atom stereocenters. The molecular weight excluding hydrogens is 1190 g/mol. The monoisotopic (exact) mass is 1340 g/mol. The van der Waals surface area contributed by atoms with Crippen molar-refractivity contribution >= 4 is 13.7 Å². The maximum Gasteiger partial charge on any atom is 0.268 e. The van der Waals surface area contributed by atoms with Crippen LogP contribution in [0, 0.1) is 0 Å². The average Bonchev–Trinajstić information content (AvgIpc) is 2.01. The highest BCUT2D eigenvalue weighted by Crippen LogP contribution is 2.38. The van der Waals surface area contributed by atoms with Gasteiger partial charge in [-0.15, -0.1) is 0 Å². The standard InChI is InChI=1S/C86H149N2O6P/c1-6-8-10-12-14-16-18-20-22-24-26-28-30-32-34-36-38-40-41-42-43-44-45-46-47-48-50-52-54-56-58-60-62-64-66-68-70-72-74-76-78-80-86(90)87-84(83-94-95(91,92)93-82-81-88(3,4)5)85(89)79-77-75-73-71-69-67-65-63-61-59-57-55-53-51-49-39-37-35-33-31-29-27-25-23-21-19-17-15-13-11-9-7-2/h8,10,14,16,20,22,26,28,32,34,38,40,42-43,45-46,48,50,54,56,60,62,69,71,77,79,84-85,89H,6-7,9,11-13,15,17-19,21,23-25,27,29-31,33,35-37,39,41,44,47,49,51-53,55,57-59,61,63-68,70,72-76,78,80-83H2,1-5H3,(H-,87,90,91,92)/b10-8-,16-14-,22-20-,28-26-,34-32-,40-38-,43-42-,46-45-,50-48-,56-54-,62-60-,71-69+,79-77+. The van der Waals surface area contributed by atoms with Gasteiger partial charge in [0.15, 0.2) is 0 Å². The molecule has 0 rings (SSSR count). The lowest BCUT2D eigenvalue weighted by Gasteiger charge is -2.29. The second-order valence-corrected chi connectivity index (χ2v) is 28.7. The number of amides is 1. The number of likely N-dealkylation sites (N-methyl/N-ethyl adjacent to an activating group) is 1. The number of quaternary nitrogens is 1. The van der Waals surface area contributed by atoms with Gasteiger partial charge in [-0.25, -0.2) is 0 Å².